The average Bonchev–Trinajstić information content (AvgIpc) is 3.19. The number of quaternary nitrogens is 1. The van der Waals surface area contributed by atoms with Crippen molar-refractivity contribution in [1.82, 2.24) is 4.90 Å². The highest BCUT2D eigenvalue weighted by Gasteiger charge is 2.74. The van der Waals surface area contributed by atoms with E-state index in [0.717, 1.165) is 0 Å². The van der Waals surface area contributed by atoms with Crippen LogP contribution in [0.4, 0.5) is 5.69 Å². The summed E-state index contributed by atoms with van der Waals surface area (Å²) in [6, 6.07) is 6.38. The van der Waals surface area contributed by atoms with Crippen molar-refractivity contribution >= 4 is 29.3 Å². The highest BCUT2D eigenvalue weighted by molar-refractivity contribution is 6.14. The monoisotopic (exact) mass is 371 g/mol. The molecule has 1 aromatic carbocycles. The van der Waals surface area contributed by atoms with E-state index in [-0.39, 0.29) is 30.2 Å². The van der Waals surface area contributed by atoms with Gasteiger partial charge in [0.25, 0.3) is 5.91 Å². The fourth-order valence-corrected chi connectivity index (χ4v) is 4.98. The van der Waals surface area contributed by atoms with Gasteiger partial charge in [0, 0.05) is 11.6 Å². The summed E-state index contributed by atoms with van der Waals surface area (Å²) < 4.78 is 0. The van der Waals surface area contributed by atoms with E-state index in [1.54, 1.807) is 29.6 Å². The number of rotatable bonds is 4. The summed E-state index contributed by atoms with van der Waals surface area (Å²) in [5.74, 6) is -3.10. The lowest BCUT2D eigenvalue weighted by atomic mass is 9.76. The molecule has 5 N–H and O–H groups in total. The van der Waals surface area contributed by atoms with Crippen LogP contribution < -0.4 is 16.4 Å². The van der Waals surface area contributed by atoms with Gasteiger partial charge in [-0.3, -0.25) is 24.1 Å². The highest BCUT2D eigenvalue weighted by atomic mass is 16.2. The molecule has 142 valence electrons. The van der Waals surface area contributed by atoms with Gasteiger partial charge in [0.2, 0.25) is 23.3 Å². The SMILES string of the molecule is CC[C@@H](C)N1C(=O)[C@H]2[C@@H](C1=O)[C@@]1([NH2+][C@@H]2CC(N)=O)C(=O)Nc2ccccc21. The number of primary amides is 1. The second kappa shape index (κ2) is 5.88. The summed E-state index contributed by atoms with van der Waals surface area (Å²) in [5.41, 5.74) is 5.49. The molecule has 2 fully saturated rings. The lowest BCUT2D eigenvalue weighted by Crippen LogP contribution is -2.99. The first-order chi connectivity index (χ1) is 12.8. The Kier molecular flexibility index (Phi) is 3.85. The van der Waals surface area contributed by atoms with Crippen molar-refractivity contribution in [3.05, 3.63) is 29.8 Å². The molecular weight excluding hydrogens is 348 g/mol. The van der Waals surface area contributed by atoms with Gasteiger partial charge in [0.1, 0.15) is 17.9 Å². The Morgan fingerprint density at radius 3 is 2.67 bits per heavy atom. The largest absolute Gasteiger partial charge is 0.369 e. The average molecular weight is 371 g/mol. The number of fused-ring (bicyclic) bond motifs is 4. The normalized spacial score (nSPS) is 32.6. The molecule has 0 saturated carbocycles. The molecule has 8 nitrogen and oxygen atoms in total. The van der Waals surface area contributed by atoms with Crippen LogP contribution in [0.25, 0.3) is 0 Å². The molecule has 1 spiro atoms. The Morgan fingerprint density at radius 1 is 1.30 bits per heavy atom. The summed E-state index contributed by atoms with van der Waals surface area (Å²) in [7, 11) is 0. The molecule has 5 atom stereocenters. The minimum Gasteiger partial charge on any atom is -0.369 e. The molecule has 3 aliphatic rings. The minimum absolute atomic E-state index is 0.0638. The van der Waals surface area contributed by atoms with Crippen molar-refractivity contribution < 1.29 is 24.5 Å². The number of nitrogens with one attached hydrogen (secondary N) is 1. The van der Waals surface area contributed by atoms with Gasteiger partial charge in [-0.2, -0.15) is 0 Å². The van der Waals surface area contributed by atoms with Crippen LogP contribution in [-0.4, -0.2) is 40.6 Å². The smallest absolute Gasteiger partial charge is 0.291 e. The van der Waals surface area contributed by atoms with Crippen LogP contribution in [0, 0.1) is 11.8 Å². The number of nitrogens with two attached hydrogens (primary N) is 2. The Balaban J connectivity index is 1.88. The van der Waals surface area contributed by atoms with Gasteiger partial charge in [0.05, 0.1) is 12.1 Å². The van der Waals surface area contributed by atoms with Crippen molar-refractivity contribution in [3.63, 3.8) is 0 Å². The van der Waals surface area contributed by atoms with Crippen LogP contribution in [0.5, 0.6) is 0 Å². The minimum atomic E-state index is -1.24. The van der Waals surface area contributed by atoms with Crippen molar-refractivity contribution in [1.29, 1.82) is 0 Å². The van der Waals surface area contributed by atoms with E-state index in [1.807, 2.05) is 13.8 Å². The van der Waals surface area contributed by atoms with E-state index >= 15 is 0 Å². The zero-order chi connectivity index (χ0) is 19.5. The lowest BCUT2D eigenvalue weighted by Gasteiger charge is -2.28. The number of benzene rings is 1. The number of carbonyl (C=O) groups excluding carboxylic acids is 4. The van der Waals surface area contributed by atoms with Gasteiger partial charge in [-0.25, -0.2) is 0 Å². The molecule has 0 aromatic heterocycles. The molecule has 8 heteroatoms. The Labute approximate surface area is 156 Å². The van der Waals surface area contributed by atoms with Crippen LogP contribution >= 0.6 is 0 Å². The molecule has 27 heavy (non-hydrogen) atoms. The third-order valence-electron chi connectivity index (χ3n) is 6.28. The van der Waals surface area contributed by atoms with Crippen LogP contribution in [0.3, 0.4) is 0 Å². The van der Waals surface area contributed by atoms with Crippen LogP contribution in [0.15, 0.2) is 24.3 Å². The molecule has 4 rings (SSSR count). The van der Waals surface area contributed by atoms with Crippen molar-refractivity contribution in [3.8, 4) is 0 Å². The molecule has 0 unspecified atom stereocenters. The zero-order valence-electron chi connectivity index (χ0n) is 15.3. The van der Waals surface area contributed by atoms with Crippen molar-refractivity contribution in [2.24, 2.45) is 17.6 Å². The predicted molar refractivity (Wildman–Crippen MR) is 94.9 cm³/mol. The number of hydrogen-bond donors (Lipinski definition) is 3. The van der Waals surface area contributed by atoms with E-state index in [0.29, 0.717) is 17.7 Å². The van der Waals surface area contributed by atoms with Gasteiger partial charge in [-0.15, -0.1) is 0 Å². The van der Waals surface area contributed by atoms with Crippen molar-refractivity contribution in [2.45, 2.75) is 44.3 Å². The summed E-state index contributed by atoms with van der Waals surface area (Å²) in [6.45, 7) is 3.72. The standard InChI is InChI=1S/C19H22N4O4/c1-3-9(2)23-16(25)14-12(8-13(20)24)22-19(15(14)17(23)26)10-6-4-5-7-11(10)21-18(19)27/h4-7,9,12,14-15,22H,3,8H2,1-2H3,(H2,20,24)(H,21,27)/p+1/t9-,12-,14-,15+,19-/m1/s1. The number of carbonyl (C=O) groups is 4. The summed E-state index contributed by atoms with van der Waals surface area (Å²) in [5, 5.41) is 4.56. The second-order valence-electron chi connectivity index (χ2n) is 7.68. The maximum atomic E-state index is 13.3. The number of nitrogens with zero attached hydrogens (tertiary/aromatic N) is 1. The number of para-hydroxylation sites is 1. The number of imide groups is 1. The fourth-order valence-electron chi connectivity index (χ4n) is 4.98. The first-order valence-electron chi connectivity index (χ1n) is 9.25. The first kappa shape index (κ1) is 17.7. The molecule has 4 amide bonds. The third-order valence-corrected chi connectivity index (χ3v) is 6.28. The Hall–Kier alpha value is -2.74. The topological polar surface area (TPSA) is 126 Å². The molecule has 3 aliphatic heterocycles. The quantitative estimate of drug-likeness (QED) is 0.590. The molecule has 0 radical (unpaired) electrons. The van der Waals surface area contributed by atoms with Gasteiger partial charge < -0.3 is 16.4 Å². The van der Waals surface area contributed by atoms with Gasteiger partial charge in [-0.05, 0) is 19.4 Å². The molecule has 2 saturated heterocycles. The molecule has 1 aromatic rings. The van der Waals surface area contributed by atoms with Gasteiger partial charge in [-0.1, -0.05) is 25.1 Å². The lowest BCUT2D eigenvalue weighted by molar-refractivity contribution is -0.732. The van der Waals surface area contributed by atoms with Gasteiger partial charge >= 0.3 is 0 Å². The molecular formula is C19H23N4O4+. The van der Waals surface area contributed by atoms with Gasteiger partial charge in [0.15, 0.2) is 0 Å². The second-order valence-corrected chi connectivity index (χ2v) is 7.68. The summed E-state index contributed by atoms with van der Waals surface area (Å²) >= 11 is 0. The number of hydrogen-bond acceptors (Lipinski definition) is 4. The van der Waals surface area contributed by atoms with Crippen LogP contribution in [0.1, 0.15) is 32.3 Å². The van der Waals surface area contributed by atoms with Crippen LogP contribution in [-0.2, 0) is 24.7 Å². The first-order valence-corrected chi connectivity index (χ1v) is 9.25. The van der Waals surface area contributed by atoms with E-state index in [4.69, 9.17) is 5.73 Å². The highest BCUT2D eigenvalue weighted by Crippen LogP contribution is 2.49. The van der Waals surface area contributed by atoms with E-state index < -0.39 is 29.3 Å². The number of amides is 4. The maximum absolute atomic E-state index is 13.3. The van der Waals surface area contributed by atoms with E-state index in [2.05, 4.69) is 5.32 Å². The fraction of sp³-hybridized carbons (Fsp3) is 0.474. The Morgan fingerprint density at radius 2 is 2.00 bits per heavy atom. The van der Waals surface area contributed by atoms with E-state index in [9.17, 15) is 19.2 Å². The summed E-state index contributed by atoms with van der Waals surface area (Å²) in [4.78, 5) is 52.5. The molecule has 3 heterocycles. The van der Waals surface area contributed by atoms with E-state index in [1.165, 1.54) is 4.90 Å². The third kappa shape index (κ3) is 2.19. The molecule has 0 bridgehead atoms. The summed E-state index contributed by atoms with van der Waals surface area (Å²) in [6.07, 6.45) is 0.558. The van der Waals surface area contributed by atoms with Crippen LogP contribution in [0.2, 0.25) is 0 Å². The Bertz CT molecular complexity index is 869. The predicted octanol–water partition coefficient (Wildman–Crippen LogP) is -0.945. The van der Waals surface area contributed by atoms with Crippen molar-refractivity contribution in [2.75, 3.05) is 5.32 Å². The number of anilines is 1. The molecule has 0 aliphatic carbocycles. The number of likely N-dealkylation sites (tertiary alicyclic amines) is 1. The maximum Gasteiger partial charge on any atom is 0.291 e. The zero-order valence-corrected chi connectivity index (χ0v) is 15.3.